The van der Waals surface area contributed by atoms with E-state index in [9.17, 15) is 0 Å². The van der Waals surface area contributed by atoms with E-state index in [1.54, 1.807) is 0 Å². The van der Waals surface area contributed by atoms with Crippen LogP contribution in [0.25, 0.3) is 0 Å². The third-order valence-corrected chi connectivity index (χ3v) is 4.09. The minimum atomic E-state index is -0.939. The van der Waals surface area contributed by atoms with Gasteiger partial charge in [-0.15, -0.1) is 0 Å². The monoisotopic (exact) mass is 300 g/mol. The smallest absolute Gasteiger partial charge is 0.171 e. The lowest BCUT2D eigenvalue weighted by atomic mass is 9.86. The maximum Gasteiger partial charge on any atom is 0.171 e. The van der Waals surface area contributed by atoms with Crippen LogP contribution in [0.1, 0.15) is 31.9 Å². The summed E-state index contributed by atoms with van der Waals surface area (Å²) in [5.74, 6) is 0. The largest absolute Gasteiger partial charge is 0.416 e. The van der Waals surface area contributed by atoms with Gasteiger partial charge in [0.25, 0.3) is 0 Å². The van der Waals surface area contributed by atoms with Crippen LogP contribution >= 0.6 is 15.9 Å². The SMILES string of the molecule is C[SiH](C)OCc1cc(C(C)(C)C)ccc1Br. The Labute approximate surface area is 109 Å². The maximum atomic E-state index is 5.79. The average molecular weight is 301 g/mol. The summed E-state index contributed by atoms with van der Waals surface area (Å²) in [7, 11) is -0.939. The molecule has 1 aromatic rings. The molecular weight excluding hydrogens is 280 g/mol. The molecule has 1 nitrogen and oxygen atoms in total. The lowest BCUT2D eigenvalue weighted by Gasteiger charge is -2.20. The first-order chi connectivity index (χ1) is 7.30. The van der Waals surface area contributed by atoms with Crippen molar-refractivity contribution in [2.45, 2.75) is 45.9 Å². The highest BCUT2D eigenvalue weighted by Crippen LogP contribution is 2.27. The third kappa shape index (κ3) is 4.04. The van der Waals surface area contributed by atoms with Gasteiger partial charge in [0.2, 0.25) is 0 Å². The molecule has 3 heteroatoms. The van der Waals surface area contributed by atoms with E-state index in [2.05, 4.69) is 68.0 Å². The Bertz CT molecular complexity index is 355. The normalized spacial score (nSPS) is 12.2. The van der Waals surface area contributed by atoms with Crippen molar-refractivity contribution >= 4 is 25.0 Å². The van der Waals surface area contributed by atoms with E-state index >= 15 is 0 Å². The van der Waals surface area contributed by atoms with Crippen LogP contribution in [0.2, 0.25) is 13.1 Å². The molecule has 0 atom stereocenters. The molecule has 0 bridgehead atoms. The van der Waals surface area contributed by atoms with Crippen LogP contribution in [0.5, 0.6) is 0 Å². The van der Waals surface area contributed by atoms with Crippen LogP contribution in [0.3, 0.4) is 0 Å². The van der Waals surface area contributed by atoms with Crippen LogP contribution in [0.4, 0.5) is 0 Å². The third-order valence-electron chi connectivity index (χ3n) is 2.48. The van der Waals surface area contributed by atoms with Crippen molar-refractivity contribution in [1.82, 2.24) is 0 Å². The zero-order valence-electron chi connectivity index (χ0n) is 10.8. The minimum Gasteiger partial charge on any atom is -0.416 e. The van der Waals surface area contributed by atoms with Crippen molar-refractivity contribution in [3.05, 3.63) is 33.8 Å². The van der Waals surface area contributed by atoms with Crippen LogP contribution in [-0.2, 0) is 16.4 Å². The summed E-state index contributed by atoms with van der Waals surface area (Å²) in [5, 5.41) is 0. The van der Waals surface area contributed by atoms with Gasteiger partial charge in [0.15, 0.2) is 9.04 Å². The lowest BCUT2D eigenvalue weighted by molar-refractivity contribution is 0.313. The van der Waals surface area contributed by atoms with E-state index < -0.39 is 9.04 Å². The van der Waals surface area contributed by atoms with Crippen molar-refractivity contribution in [3.8, 4) is 0 Å². The highest BCUT2D eigenvalue weighted by molar-refractivity contribution is 9.10. The molecule has 0 spiro atoms. The molecule has 0 saturated carbocycles. The van der Waals surface area contributed by atoms with Gasteiger partial charge in [-0.3, -0.25) is 0 Å². The lowest BCUT2D eigenvalue weighted by Crippen LogP contribution is -2.12. The fourth-order valence-electron chi connectivity index (χ4n) is 1.41. The number of halogens is 1. The van der Waals surface area contributed by atoms with Crippen molar-refractivity contribution in [2.24, 2.45) is 0 Å². The van der Waals surface area contributed by atoms with Crippen LogP contribution in [0.15, 0.2) is 22.7 Å². The van der Waals surface area contributed by atoms with Gasteiger partial charge in [0, 0.05) is 4.47 Å². The Morgan fingerprint density at radius 3 is 2.38 bits per heavy atom. The highest BCUT2D eigenvalue weighted by atomic mass is 79.9. The minimum absolute atomic E-state index is 0.199. The first-order valence-electron chi connectivity index (χ1n) is 5.71. The zero-order valence-corrected chi connectivity index (χ0v) is 13.5. The number of rotatable bonds is 3. The molecule has 1 aromatic carbocycles. The van der Waals surface area contributed by atoms with Crippen molar-refractivity contribution < 1.29 is 4.43 Å². The summed E-state index contributed by atoms with van der Waals surface area (Å²) in [6.07, 6.45) is 0. The summed E-state index contributed by atoms with van der Waals surface area (Å²) in [6.45, 7) is 11.8. The Balaban J connectivity index is 2.91. The fraction of sp³-hybridized carbons (Fsp3) is 0.538. The molecule has 0 aliphatic heterocycles. The van der Waals surface area contributed by atoms with E-state index in [0.717, 1.165) is 11.1 Å². The molecule has 0 N–H and O–H groups in total. The quantitative estimate of drug-likeness (QED) is 0.759. The van der Waals surface area contributed by atoms with E-state index in [1.165, 1.54) is 11.1 Å². The Morgan fingerprint density at radius 2 is 1.88 bits per heavy atom. The van der Waals surface area contributed by atoms with E-state index in [1.807, 2.05) is 0 Å². The van der Waals surface area contributed by atoms with E-state index in [0.29, 0.717) is 0 Å². The van der Waals surface area contributed by atoms with Crippen molar-refractivity contribution in [2.75, 3.05) is 0 Å². The summed E-state index contributed by atoms with van der Waals surface area (Å²) in [6, 6.07) is 6.56. The van der Waals surface area contributed by atoms with Gasteiger partial charge in [-0.1, -0.05) is 48.8 Å². The van der Waals surface area contributed by atoms with Gasteiger partial charge >= 0.3 is 0 Å². The highest BCUT2D eigenvalue weighted by Gasteiger charge is 2.15. The molecule has 0 radical (unpaired) electrons. The van der Waals surface area contributed by atoms with Crippen LogP contribution in [-0.4, -0.2) is 9.04 Å². The molecule has 0 unspecified atom stereocenters. The first-order valence-corrected chi connectivity index (χ1v) is 9.28. The molecule has 0 heterocycles. The van der Waals surface area contributed by atoms with Gasteiger partial charge in [0.05, 0.1) is 6.61 Å². The number of hydrogen-bond donors (Lipinski definition) is 0. The summed E-state index contributed by atoms with van der Waals surface area (Å²) >= 11 is 3.58. The summed E-state index contributed by atoms with van der Waals surface area (Å²) in [5.41, 5.74) is 2.82. The molecule has 0 fully saturated rings. The predicted molar refractivity (Wildman–Crippen MR) is 76.5 cm³/mol. The number of benzene rings is 1. The van der Waals surface area contributed by atoms with E-state index in [-0.39, 0.29) is 5.41 Å². The van der Waals surface area contributed by atoms with Crippen LogP contribution < -0.4 is 0 Å². The first kappa shape index (κ1) is 13.9. The Kier molecular flexibility index (Phi) is 4.77. The molecule has 0 amide bonds. The average Bonchev–Trinajstić information content (AvgIpc) is 2.14. The molecule has 0 aliphatic rings. The fourth-order valence-corrected chi connectivity index (χ4v) is 2.28. The van der Waals surface area contributed by atoms with Gasteiger partial charge in [-0.25, -0.2) is 0 Å². The second-order valence-corrected chi connectivity index (χ2v) is 8.70. The number of hydrogen-bond acceptors (Lipinski definition) is 1. The van der Waals surface area contributed by atoms with Gasteiger partial charge in [-0.2, -0.15) is 0 Å². The summed E-state index contributed by atoms with van der Waals surface area (Å²) < 4.78 is 6.93. The molecule has 0 aliphatic carbocycles. The summed E-state index contributed by atoms with van der Waals surface area (Å²) in [4.78, 5) is 0. The van der Waals surface area contributed by atoms with Gasteiger partial charge in [0.1, 0.15) is 0 Å². The second kappa shape index (κ2) is 5.47. The van der Waals surface area contributed by atoms with Gasteiger partial charge in [-0.05, 0) is 35.7 Å². The standard InChI is InChI=1S/C13H21BrOSi/c1-13(2,3)11-6-7-12(14)10(8-11)9-15-16(4)5/h6-8,16H,9H2,1-5H3. The molecule has 0 saturated heterocycles. The molecule has 0 aromatic heterocycles. The molecule has 16 heavy (non-hydrogen) atoms. The molecule has 90 valence electrons. The molecular formula is C13H21BrOSi. The maximum absolute atomic E-state index is 5.79. The predicted octanol–water partition coefficient (Wildman–Crippen LogP) is 4.25. The van der Waals surface area contributed by atoms with Crippen LogP contribution in [0, 0.1) is 0 Å². The van der Waals surface area contributed by atoms with Gasteiger partial charge < -0.3 is 4.43 Å². The van der Waals surface area contributed by atoms with Crippen molar-refractivity contribution in [1.29, 1.82) is 0 Å². The zero-order chi connectivity index (χ0) is 12.3. The molecule has 1 rings (SSSR count). The second-order valence-electron chi connectivity index (χ2n) is 5.42. The Morgan fingerprint density at radius 1 is 1.25 bits per heavy atom. The van der Waals surface area contributed by atoms with E-state index in [4.69, 9.17) is 4.43 Å². The Hall–Kier alpha value is -0.123. The van der Waals surface area contributed by atoms with Crippen molar-refractivity contribution in [3.63, 3.8) is 0 Å². The topological polar surface area (TPSA) is 9.23 Å².